The highest BCUT2D eigenvalue weighted by Crippen LogP contribution is 2.28. The molecule has 1 aromatic rings. The van der Waals surface area contributed by atoms with Crippen LogP contribution in [-0.2, 0) is 21.0 Å². The van der Waals surface area contributed by atoms with Gasteiger partial charge in [0, 0.05) is 6.54 Å². The average Bonchev–Trinajstić information content (AvgIpc) is 2.75. The molecule has 2 N–H and O–H groups in total. The normalized spacial score (nSPS) is 33.4. The Balaban J connectivity index is 1.78. The molecule has 0 radical (unpaired) electrons. The molecule has 2 fully saturated rings. The van der Waals surface area contributed by atoms with Gasteiger partial charge in [-0.05, 0) is 29.9 Å². The number of fused-ring (bicyclic) bond motifs is 1. The molecule has 0 bridgehead atoms. The number of hydrogen-bond donors (Lipinski definition) is 2. The van der Waals surface area contributed by atoms with E-state index in [2.05, 4.69) is 5.32 Å². The van der Waals surface area contributed by atoms with Crippen LogP contribution in [0.2, 0.25) is 0 Å². The Morgan fingerprint density at radius 3 is 2.79 bits per heavy atom. The Bertz CT molecular complexity index is 563. The van der Waals surface area contributed by atoms with Gasteiger partial charge in [0.05, 0.1) is 0 Å². The van der Waals surface area contributed by atoms with Gasteiger partial charge in [-0.25, -0.2) is 4.39 Å². The van der Waals surface area contributed by atoms with Crippen LogP contribution < -0.4 is 5.32 Å². The van der Waals surface area contributed by atoms with Gasteiger partial charge in [-0.15, -0.1) is 0 Å². The monoisotopic (exact) mass is 301 g/mol. The largest absolute Gasteiger partial charge is 0.353 e. The third-order valence-corrected chi connectivity index (χ3v) is 5.67. The molecule has 0 saturated carbocycles. The summed E-state index contributed by atoms with van der Waals surface area (Å²) in [5.74, 6) is 0.215. The molecule has 3 atom stereocenters. The SMILES string of the molecule is O=[S+]1(O)C[C@@H]2[C@@H](C1)NC(=S)N2Cc1ccc(F)cc1. The van der Waals surface area contributed by atoms with Crippen molar-refractivity contribution in [3.63, 3.8) is 0 Å². The fraction of sp³-hybridized carbons (Fsp3) is 0.417. The van der Waals surface area contributed by atoms with Crippen molar-refractivity contribution < 1.29 is 13.2 Å². The molecule has 19 heavy (non-hydrogen) atoms. The van der Waals surface area contributed by atoms with Crippen LogP contribution in [-0.4, -0.2) is 38.2 Å². The maximum absolute atomic E-state index is 12.9. The van der Waals surface area contributed by atoms with Gasteiger partial charge in [0.2, 0.25) is 10.2 Å². The molecule has 2 heterocycles. The summed E-state index contributed by atoms with van der Waals surface area (Å²) in [6.45, 7) is 0.531. The van der Waals surface area contributed by atoms with Crippen LogP contribution in [0.25, 0.3) is 0 Å². The van der Waals surface area contributed by atoms with E-state index in [0.29, 0.717) is 11.7 Å². The predicted molar refractivity (Wildman–Crippen MR) is 75.7 cm³/mol. The van der Waals surface area contributed by atoms with Gasteiger partial charge in [0.1, 0.15) is 17.9 Å². The van der Waals surface area contributed by atoms with Crippen molar-refractivity contribution in [3.05, 3.63) is 35.6 Å². The van der Waals surface area contributed by atoms with E-state index in [-0.39, 0.29) is 29.4 Å². The van der Waals surface area contributed by atoms with E-state index in [1.165, 1.54) is 12.1 Å². The third kappa shape index (κ3) is 2.50. The quantitative estimate of drug-likeness (QED) is 0.636. The van der Waals surface area contributed by atoms with Crippen LogP contribution >= 0.6 is 12.2 Å². The molecule has 7 heteroatoms. The molecular weight excluding hydrogens is 287 g/mol. The Kier molecular flexibility index (Phi) is 3.07. The Hall–Kier alpha value is -1.05. The van der Waals surface area contributed by atoms with Crippen molar-refractivity contribution in [2.24, 2.45) is 0 Å². The standard InChI is InChI=1S/C12H13FN2O2S2/c13-9-3-1-8(2-4-9)5-15-11-7-19(16,17)6-10(11)14-12(15)18/h1-4,10-11H,5-7H2,(H-,14,16,17,18)/p+1/t10-,11-/m1/s1. The first-order valence-electron chi connectivity index (χ1n) is 5.98. The zero-order valence-electron chi connectivity index (χ0n) is 10.1. The van der Waals surface area contributed by atoms with Crippen molar-refractivity contribution in [1.82, 2.24) is 10.2 Å². The summed E-state index contributed by atoms with van der Waals surface area (Å²) >= 11 is 5.26. The van der Waals surface area contributed by atoms with Gasteiger partial charge in [-0.2, -0.15) is 4.55 Å². The summed E-state index contributed by atoms with van der Waals surface area (Å²) in [5, 5.41) is 3.70. The van der Waals surface area contributed by atoms with E-state index in [0.717, 1.165) is 5.56 Å². The molecule has 1 aromatic carbocycles. The van der Waals surface area contributed by atoms with Gasteiger partial charge >= 0.3 is 0 Å². The summed E-state index contributed by atoms with van der Waals surface area (Å²) in [6, 6.07) is 6.12. The molecule has 0 amide bonds. The number of rotatable bonds is 2. The second-order valence-corrected chi connectivity index (χ2v) is 7.58. The molecular formula is C12H14FN2O2S2+. The van der Waals surface area contributed by atoms with Crippen LogP contribution in [0, 0.1) is 5.82 Å². The first-order valence-corrected chi connectivity index (χ1v) is 8.24. The number of nitrogens with zero attached hydrogens (tertiary/aromatic N) is 1. The number of benzene rings is 1. The van der Waals surface area contributed by atoms with Crippen LogP contribution in [0.15, 0.2) is 24.3 Å². The topological polar surface area (TPSA) is 52.6 Å². The number of thiocarbonyl (C=S) groups is 1. The van der Waals surface area contributed by atoms with E-state index in [4.69, 9.17) is 12.2 Å². The fourth-order valence-electron chi connectivity index (χ4n) is 2.66. The van der Waals surface area contributed by atoms with Gasteiger partial charge in [-0.3, -0.25) is 0 Å². The Morgan fingerprint density at radius 2 is 2.11 bits per heavy atom. The summed E-state index contributed by atoms with van der Waals surface area (Å²) in [7, 11) is -2.73. The minimum atomic E-state index is -2.73. The molecule has 4 nitrogen and oxygen atoms in total. The zero-order chi connectivity index (χ0) is 13.6. The Labute approximate surface area is 117 Å². The van der Waals surface area contributed by atoms with Crippen molar-refractivity contribution in [3.8, 4) is 0 Å². The highest BCUT2D eigenvalue weighted by molar-refractivity contribution is 7.98. The van der Waals surface area contributed by atoms with Gasteiger partial charge < -0.3 is 10.2 Å². The van der Waals surface area contributed by atoms with E-state index in [1.54, 1.807) is 12.1 Å². The maximum atomic E-state index is 12.9. The second-order valence-electron chi connectivity index (χ2n) is 4.98. The lowest BCUT2D eigenvalue weighted by atomic mass is 10.1. The van der Waals surface area contributed by atoms with E-state index >= 15 is 0 Å². The summed E-state index contributed by atoms with van der Waals surface area (Å²) < 4.78 is 34.3. The van der Waals surface area contributed by atoms with Gasteiger partial charge in [0.25, 0.3) is 0 Å². The summed E-state index contributed by atoms with van der Waals surface area (Å²) in [6.07, 6.45) is 0. The van der Waals surface area contributed by atoms with Gasteiger partial charge in [-0.1, -0.05) is 16.3 Å². The highest BCUT2D eigenvalue weighted by Gasteiger charge is 2.53. The smallest absolute Gasteiger partial charge is 0.218 e. The molecule has 1 unspecified atom stereocenters. The molecule has 0 aliphatic carbocycles. The van der Waals surface area contributed by atoms with Crippen molar-refractivity contribution in [2.75, 3.05) is 11.5 Å². The summed E-state index contributed by atoms with van der Waals surface area (Å²) in [4.78, 5) is 1.93. The second kappa shape index (κ2) is 4.50. The first kappa shape index (κ1) is 13.0. The minimum Gasteiger partial charge on any atom is -0.353 e. The van der Waals surface area contributed by atoms with Crippen molar-refractivity contribution in [2.45, 2.75) is 18.6 Å². The fourth-order valence-corrected chi connectivity index (χ4v) is 4.96. The molecule has 2 aliphatic heterocycles. The molecule has 2 aliphatic rings. The number of nitrogens with one attached hydrogen (secondary N) is 1. The lowest BCUT2D eigenvalue weighted by Gasteiger charge is -2.22. The molecule has 102 valence electrons. The zero-order valence-corrected chi connectivity index (χ0v) is 11.7. The van der Waals surface area contributed by atoms with Crippen LogP contribution in [0.3, 0.4) is 0 Å². The van der Waals surface area contributed by atoms with Crippen LogP contribution in [0.4, 0.5) is 4.39 Å². The van der Waals surface area contributed by atoms with Crippen molar-refractivity contribution in [1.29, 1.82) is 0 Å². The van der Waals surface area contributed by atoms with E-state index < -0.39 is 10.2 Å². The number of hydrogen-bond acceptors (Lipinski definition) is 2. The van der Waals surface area contributed by atoms with Crippen LogP contribution in [0.1, 0.15) is 5.56 Å². The molecule has 0 aromatic heterocycles. The third-order valence-electron chi connectivity index (χ3n) is 3.57. The lowest BCUT2D eigenvalue weighted by molar-refractivity contribution is 0.348. The van der Waals surface area contributed by atoms with Gasteiger partial charge in [0.15, 0.2) is 16.6 Å². The minimum absolute atomic E-state index is 0.0462. The summed E-state index contributed by atoms with van der Waals surface area (Å²) in [5.41, 5.74) is 0.933. The highest BCUT2D eigenvalue weighted by atomic mass is 32.3. The first-order chi connectivity index (χ1) is 8.94. The van der Waals surface area contributed by atoms with E-state index in [9.17, 15) is 13.2 Å². The van der Waals surface area contributed by atoms with E-state index in [1.807, 2.05) is 4.90 Å². The molecule has 0 spiro atoms. The van der Waals surface area contributed by atoms with Crippen molar-refractivity contribution >= 4 is 27.5 Å². The molecule has 2 saturated heterocycles. The predicted octanol–water partition coefficient (Wildman–Crippen LogP) is 1.24. The Morgan fingerprint density at radius 1 is 1.42 bits per heavy atom. The maximum Gasteiger partial charge on any atom is 0.218 e. The van der Waals surface area contributed by atoms with Crippen LogP contribution in [0.5, 0.6) is 0 Å². The average molecular weight is 301 g/mol. The number of halogens is 1. The lowest BCUT2D eigenvalue weighted by Crippen LogP contribution is -2.36. The molecule has 3 rings (SSSR count).